The number of hydrogen-bond donors (Lipinski definition) is 1. The number of aromatic nitrogens is 2. The molecule has 10 rings (SSSR count). The maximum Gasteiger partial charge on any atom is 0.343 e. The van der Waals surface area contributed by atoms with Gasteiger partial charge in [0.05, 0.1) is 28.8 Å². The summed E-state index contributed by atoms with van der Waals surface area (Å²) in [6.45, 7) is 1.69. The molecule has 2 aromatic heterocycles. The molecular formula is C42H22F4N2O8. The van der Waals surface area contributed by atoms with E-state index in [1.165, 1.54) is 15.3 Å². The van der Waals surface area contributed by atoms with Gasteiger partial charge in [-0.15, -0.1) is 0 Å². The quantitative estimate of drug-likeness (QED) is 0.140. The summed E-state index contributed by atoms with van der Waals surface area (Å²) in [6.07, 6.45) is 2.41. The Morgan fingerprint density at radius 1 is 0.625 bits per heavy atom. The van der Waals surface area contributed by atoms with Crippen LogP contribution < -0.4 is 20.3 Å². The summed E-state index contributed by atoms with van der Waals surface area (Å²) >= 11 is 0. The van der Waals surface area contributed by atoms with E-state index in [2.05, 4.69) is 0 Å². The van der Waals surface area contributed by atoms with E-state index < -0.39 is 63.1 Å². The van der Waals surface area contributed by atoms with Gasteiger partial charge in [-0.1, -0.05) is 60.7 Å². The molecule has 276 valence electrons. The van der Waals surface area contributed by atoms with Gasteiger partial charge in [-0.2, -0.15) is 8.78 Å². The SMILES string of the molecule is CCOC(=O)c1cn2c3c(c(F)c(F)cc3c1=O)Oc1c-2ccc2ccccc12.O=C(O)c1cn2c3c(c(F)c(F)cc3c1=O)Oc1c-2ccc2ccccc12. The molecule has 2 aliphatic rings. The molecule has 6 aromatic carbocycles. The van der Waals surface area contributed by atoms with E-state index >= 15 is 0 Å². The number of carboxylic acids is 1. The van der Waals surface area contributed by atoms with Crippen LogP contribution in [0, 0.1) is 23.3 Å². The zero-order chi connectivity index (χ0) is 39.2. The molecular weight excluding hydrogens is 736 g/mol. The summed E-state index contributed by atoms with van der Waals surface area (Å²) in [6, 6.07) is 23.0. The standard InChI is InChI=1S/C22H13F2NO4.C20H9F2NO4/c1-2-28-22(27)14-10-25-16-8-7-11-5-3-4-6-12(11)20(16)29-21-17(24)15(23)9-13(18(21)25)19(14)26;21-13-7-11-16-19(15(13)22)27-18-10-4-2-1-3-9(10)5-6-14(18)23(16)8-12(17(11)24)20(25)26/h3-10H,2H2,1H3;1-8H,(H,25,26). The molecule has 0 radical (unpaired) electrons. The molecule has 0 saturated heterocycles. The first-order chi connectivity index (χ1) is 27.0. The fourth-order valence-electron chi connectivity index (χ4n) is 7.14. The van der Waals surface area contributed by atoms with Gasteiger partial charge in [0, 0.05) is 23.2 Å². The highest BCUT2D eigenvalue weighted by molar-refractivity contribution is 6.01. The van der Waals surface area contributed by atoms with Crippen LogP contribution in [0.1, 0.15) is 27.6 Å². The molecule has 4 heterocycles. The van der Waals surface area contributed by atoms with Crippen LogP contribution in [0.3, 0.4) is 0 Å². The van der Waals surface area contributed by atoms with Crippen molar-refractivity contribution in [2.75, 3.05) is 6.61 Å². The van der Waals surface area contributed by atoms with Gasteiger partial charge in [-0.05, 0) is 42.0 Å². The van der Waals surface area contributed by atoms with Crippen LogP contribution in [-0.2, 0) is 4.74 Å². The molecule has 14 heteroatoms. The van der Waals surface area contributed by atoms with E-state index in [4.69, 9.17) is 14.2 Å². The lowest BCUT2D eigenvalue weighted by molar-refractivity contribution is 0.0523. The van der Waals surface area contributed by atoms with Crippen molar-refractivity contribution < 1.29 is 46.5 Å². The van der Waals surface area contributed by atoms with Gasteiger partial charge in [-0.25, -0.2) is 18.4 Å². The second-order valence-corrected chi connectivity index (χ2v) is 12.8. The molecule has 8 aromatic rings. The topological polar surface area (TPSA) is 126 Å². The second kappa shape index (κ2) is 12.6. The number of benzene rings is 6. The first-order valence-corrected chi connectivity index (χ1v) is 16.9. The lowest BCUT2D eigenvalue weighted by Gasteiger charge is -2.25. The number of carboxylic acid groups (broad SMARTS) is 1. The maximum absolute atomic E-state index is 14.6. The Hall–Kier alpha value is -7.48. The number of pyridine rings is 2. The normalized spacial score (nSPS) is 12.0. The maximum atomic E-state index is 14.6. The van der Waals surface area contributed by atoms with Gasteiger partial charge in [0.25, 0.3) is 0 Å². The molecule has 0 fully saturated rings. The smallest absolute Gasteiger partial charge is 0.343 e. The van der Waals surface area contributed by atoms with Crippen LogP contribution in [0.2, 0.25) is 0 Å². The van der Waals surface area contributed by atoms with Gasteiger partial charge >= 0.3 is 11.9 Å². The van der Waals surface area contributed by atoms with Crippen molar-refractivity contribution in [1.82, 2.24) is 9.13 Å². The van der Waals surface area contributed by atoms with Crippen LogP contribution in [0.4, 0.5) is 17.6 Å². The Morgan fingerprint density at radius 2 is 1.07 bits per heavy atom. The molecule has 0 unspecified atom stereocenters. The van der Waals surface area contributed by atoms with E-state index in [1.807, 2.05) is 30.3 Å². The predicted molar refractivity (Wildman–Crippen MR) is 197 cm³/mol. The highest BCUT2D eigenvalue weighted by Crippen LogP contribution is 2.47. The third-order valence-electron chi connectivity index (χ3n) is 9.65. The fraction of sp³-hybridized carbons (Fsp3) is 0.0476. The summed E-state index contributed by atoms with van der Waals surface area (Å²) < 4.78 is 76.8. The van der Waals surface area contributed by atoms with Gasteiger partial charge in [-0.3, -0.25) is 9.59 Å². The number of aromatic carboxylic acids is 1. The monoisotopic (exact) mass is 758 g/mol. The largest absolute Gasteiger partial charge is 0.477 e. The number of fused-ring (bicyclic) bond motifs is 8. The molecule has 0 aliphatic carbocycles. The van der Waals surface area contributed by atoms with Crippen molar-refractivity contribution in [2.45, 2.75) is 6.92 Å². The van der Waals surface area contributed by atoms with Gasteiger partial charge in [0.1, 0.15) is 22.2 Å². The van der Waals surface area contributed by atoms with Crippen LogP contribution in [-0.4, -0.2) is 32.8 Å². The van der Waals surface area contributed by atoms with Crippen LogP contribution in [0.25, 0.3) is 54.7 Å². The summed E-state index contributed by atoms with van der Waals surface area (Å²) in [5.41, 5.74) is -1.48. The lowest BCUT2D eigenvalue weighted by Crippen LogP contribution is -2.22. The molecule has 10 nitrogen and oxygen atoms in total. The first kappa shape index (κ1) is 34.3. The van der Waals surface area contributed by atoms with Gasteiger partial charge in [0.2, 0.25) is 22.5 Å². The molecule has 0 spiro atoms. The second-order valence-electron chi connectivity index (χ2n) is 12.8. The Kier molecular flexibility index (Phi) is 7.69. The van der Waals surface area contributed by atoms with Gasteiger partial charge in [0.15, 0.2) is 34.6 Å². The first-order valence-electron chi connectivity index (χ1n) is 16.9. The zero-order valence-electron chi connectivity index (χ0n) is 28.7. The Morgan fingerprint density at radius 3 is 1.54 bits per heavy atom. The predicted octanol–water partition coefficient (Wildman–Crippen LogP) is 8.93. The molecule has 1 N–H and O–H groups in total. The van der Waals surface area contributed by atoms with E-state index in [0.717, 1.165) is 23.0 Å². The highest BCUT2D eigenvalue weighted by atomic mass is 19.2. The van der Waals surface area contributed by atoms with E-state index in [0.29, 0.717) is 34.0 Å². The Balaban J connectivity index is 0.000000147. The van der Waals surface area contributed by atoms with Crippen molar-refractivity contribution in [1.29, 1.82) is 0 Å². The average Bonchev–Trinajstić information content (AvgIpc) is 3.20. The minimum atomic E-state index is -1.45. The van der Waals surface area contributed by atoms with Crippen molar-refractivity contribution in [2.24, 2.45) is 0 Å². The van der Waals surface area contributed by atoms with Crippen molar-refractivity contribution >= 4 is 55.3 Å². The number of nitrogens with zero attached hydrogens (tertiary/aromatic N) is 2. The molecule has 0 amide bonds. The molecule has 0 saturated carbocycles. The number of hydrogen-bond acceptors (Lipinski definition) is 7. The number of rotatable bonds is 3. The summed E-state index contributed by atoms with van der Waals surface area (Å²) in [5, 5.41) is 11.9. The zero-order valence-corrected chi connectivity index (χ0v) is 28.7. The number of ether oxygens (including phenoxy) is 3. The number of esters is 1. The van der Waals surface area contributed by atoms with Crippen molar-refractivity contribution in [3.63, 3.8) is 0 Å². The Bertz CT molecular complexity index is 3210. The van der Waals surface area contributed by atoms with Crippen LogP contribution in [0.15, 0.2) is 107 Å². The van der Waals surface area contributed by atoms with Gasteiger partial charge < -0.3 is 28.5 Å². The number of carbonyl (C=O) groups excluding carboxylic acids is 1. The highest BCUT2D eigenvalue weighted by Gasteiger charge is 2.31. The molecule has 0 atom stereocenters. The molecule has 56 heavy (non-hydrogen) atoms. The van der Waals surface area contributed by atoms with Crippen LogP contribution in [0.5, 0.6) is 23.0 Å². The van der Waals surface area contributed by atoms with Crippen molar-refractivity contribution in [3.05, 3.63) is 152 Å². The lowest BCUT2D eigenvalue weighted by atomic mass is 10.0. The summed E-state index contributed by atoms with van der Waals surface area (Å²) in [7, 11) is 0. The minimum Gasteiger partial charge on any atom is -0.477 e. The molecule has 0 bridgehead atoms. The third kappa shape index (κ3) is 4.95. The van der Waals surface area contributed by atoms with Crippen LogP contribution >= 0.6 is 0 Å². The van der Waals surface area contributed by atoms with E-state index in [9.17, 15) is 41.8 Å². The fourth-order valence-corrected chi connectivity index (χ4v) is 7.14. The van der Waals surface area contributed by atoms with E-state index in [-0.39, 0.29) is 39.7 Å². The third-order valence-corrected chi connectivity index (χ3v) is 9.65. The van der Waals surface area contributed by atoms with E-state index in [1.54, 1.807) is 49.4 Å². The Labute approximate surface area is 310 Å². The number of carbonyl (C=O) groups is 2. The number of halogens is 4. The molecule has 2 aliphatic heterocycles. The summed E-state index contributed by atoms with van der Waals surface area (Å²) in [5.74, 6) is -7.52. The average molecular weight is 759 g/mol. The summed E-state index contributed by atoms with van der Waals surface area (Å²) in [4.78, 5) is 49.1. The minimum absolute atomic E-state index is 0.00770. The van der Waals surface area contributed by atoms with Crippen molar-refractivity contribution in [3.8, 4) is 34.4 Å².